The average molecular weight is 246 g/mol. The third-order valence-electron chi connectivity index (χ3n) is 3.42. The van der Waals surface area contributed by atoms with Crippen LogP contribution in [0.5, 0.6) is 0 Å². The van der Waals surface area contributed by atoms with Gasteiger partial charge < -0.3 is 9.64 Å². The summed E-state index contributed by atoms with van der Waals surface area (Å²) in [6, 6.07) is 9.23. The first-order valence-corrected chi connectivity index (χ1v) is 6.03. The lowest BCUT2D eigenvalue weighted by Gasteiger charge is -2.35. The molecule has 2 fully saturated rings. The predicted molar refractivity (Wildman–Crippen MR) is 64.2 cm³/mol. The van der Waals surface area contributed by atoms with Crippen molar-refractivity contribution in [2.45, 2.75) is 6.04 Å². The van der Waals surface area contributed by atoms with E-state index >= 15 is 0 Å². The van der Waals surface area contributed by atoms with Gasteiger partial charge in [0.1, 0.15) is 6.61 Å². The number of hydrogen-bond acceptors (Lipinski definition) is 3. The van der Waals surface area contributed by atoms with Crippen LogP contribution >= 0.6 is 0 Å². The van der Waals surface area contributed by atoms with Crippen LogP contribution in [0.1, 0.15) is 10.4 Å². The van der Waals surface area contributed by atoms with Crippen LogP contribution in [0.15, 0.2) is 30.3 Å². The Bertz CT molecular complexity index is 474. The van der Waals surface area contributed by atoms with Crippen molar-refractivity contribution in [2.24, 2.45) is 0 Å². The monoisotopic (exact) mass is 246 g/mol. The largest absolute Gasteiger partial charge is 0.447 e. The van der Waals surface area contributed by atoms with Crippen molar-refractivity contribution in [1.82, 2.24) is 9.80 Å². The SMILES string of the molecule is O=C(c1ccccc1)N1CCN2C(=O)OCC2C1. The van der Waals surface area contributed by atoms with E-state index in [4.69, 9.17) is 4.74 Å². The quantitative estimate of drug-likeness (QED) is 0.741. The van der Waals surface area contributed by atoms with Gasteiger partial charge in [0.05, 0.1) is 6.04 Å². The number of ether oxygens (including phenoxy) is 1. The molecule has 0 aromatic heterocycles. The molecule has 2 aliphatic rings. The van der Waals surface area contributed by atoms with E-state index in [0.29, 0.717) is 31.8 Å². The molecule has 0 N–H and O–H groups in total. The lowest BCUT2D eigenvalue weighted by molar-refractivity contribution is 0.0617. The molecule has 2 amide bonds. The summed E-state index contributed by atoms with van der Waals surface area (Å²) in [7, 11) is 0. The number of amides is 2. The maximum absolute atomic E-state index is 12.3. The number of benzene rings is 1. The molecule has 2 heterocycles. The van der Waals surface area contributed by atoms with Gasteiger partial charge in [-0.3, -0.25) is 9.69 Å². The predicted octanol–water partition coefficient (Wildman–Crippen LogP) is 0.963. The molecule has 1 aromatic carbocycles. The maximum Gasteiger partial charge on any atom is 0.410 e. The molecule has 5 nitrogen and oxygen atoms in total. The fourth-order valence-electron chi connectivity index (χ4n) is 2.44. The molecule has 18 heavy (non-hydrogen) atoms. The van der Waals surface area contributed by atoms with Gasteiger partial charge in [-0.1, -0.05) is 18.2 Å². The first-order chi connectivity index (χ1) is 8.75. The van der Waals surface area contributed by atoms with Crippen LogP contribution in [0.25, 0.3) is 0 Å². The van der Waals surface area contributed by atoms with E-state index in [1.807, 2.05) is 30.3 Å². The van der Waals surface area contributed by atoms with E-state index in [1.54, 1.807) is 9.80 Å². The Labute approximate surface area is 105 Å². The van der Waals surface area contributed by atoms with Crippen LogP contribution in [0, 0.1) is 0 Å². The molecule has 2 saturated heterocycles. The van der Waals surface area contributed by atoms with E-state index in [-0.39, 0.29) is 18.0 Å². The minimum Gasteiger partial charge on any atom is -0.447 e. The Morgan fingerprint density at radius 3 is 2.78 bits per heavy atom. The molecule has 94 valence electrons. The third-order valence-corrected chi connectivity index (χ3v) is 3.42. The molecule has 0 bridgehead atoms. The first kappa shape index (κ1) is 11.1. The van der Waals surface area contributed by atoms with E-state index in [0.717, 1.165) is 0 Å². The Hall–Kier alpha value is -2.04. The van der Waals surface area contributed by atoms with Crippen molar-refractivity contribution in [2.75, 3.05) is 26.2 Å². The van der Waals surface area contributed by atoms with E-state index < -0.39 is 0 Å². The molecule has 0 radical (unpaired) electrons. The molecule has 1 atom stereocenters. The van der Waals surface area contributed by atoms with Gasteiger partial charge in [-0.2, -0.15) is 0 Å². The van der Waals surface area contributed by atoms with Crippen LogP contribution in [-0.2, 0) is 4.74 Å². The highest BCUT2D eigenvalue weighted by atomic mass is 16.6. The minimum absolute atomic E-state index is 0.0129. The number of rotatable bonds is 1. The zero-order chi connectivity index (χ0) is 12.5. The second-order valence-corrected chi connectivity index (χ2v) is 4.54. The van der Waals surface area contributed by atoms with Crippen molar-refractivity contribution >= 4 is 12.0 Å². The van der Waals surface area contributed by atoms with E-state index in [9.17, 15) is 9.59 Å². The minimum atomic E-state index is -0.258. The zero-order valence-electron chi connectivity index (χ0n) is 9.91. The summed E-state index contributed by atoms with van der Waals surface area (Å²) in [4.78, 5) is 27.1. The number of carbonyl (C=O) groups is 2. The van der Waals surface area contributed by atoms with Crippen molar-refractivity contribution in [3.05, 3.63) is 35.9 Å². The molecular weight excluding hydrogens is 232 g/mol. The Kier molecular flexibility index (Phi) is 2.66. The van der Waals surface area contributed by atoms with Crippen molar-refractivity contribution < 1.29 is 14.3 Å². The second kappa shape index (κ2) is 4.33. The van der Waals surface area contributed by atoms with Gasteiger partial charge in [0, 0.05) is 25.2 Å². The van der Waals surface area contributed by atoms with Crippen molar-refractivity contribution in [3.63, 3.8) is 0 Å². The Morgan fingerprint density at radius 2 is 2.00 bits per heavy atom. The molecule has 0 saturated carbocycles. The fraction of sp³-hybridized carbons (Fsp3) is 0.385. The topological polar surface area (TPSA) is 49.9 Å². The van der Waals surface area contributed by atoms with Crippen molar-refractivity contribution in [1.29, 1.82) is 0 Å². The summed E-state index contributed by atoms with van der Waals surface area (Å²) in [5.74, 6) is 0.0228. The van der Waals surface area contributed by atoms with Gasteiger partial charge in [-0.15, -0.1) is 0 Å². The van der Waals surface area contributed by atoms with Crippen molar-refractivity contribution in [3.8, 4) is 0 Å². The smallest absolute Gasteiger partial charge is 0.410 e. The first-order valence-electron chi connectivity index (χ1n) is 6.03. The standard InChI is InChI=1S/C13H14N2O3/c16-12(10-4-2-1-3-5-10)14-6-7-15-11(8-14)9-18-13(15)17/h1-5,11H,6-9H2. The number of hydrogen-bond donors (Lipinski definition) is 0. The van der Waals surface area contributed by atoms with Crippen LogP contribution in [0.2, 0.25) is 0 Å². The Morgan fingerprint density at radius 1 is 1.22 bits per heavy atom. The molecule has 2 aliphatic heterocycles. The summed E-state index contributed by atoms with van der Waals surface area (Å²) in [6.45, 7) is 2.07. The lowest BCUT2D eigenvalue weighted by atomic mass is 10.1. The second-order valence-electron chi connectivity index (χ2n) is 4.54. The average Bonchev–Trinajstić information content (AvgIpc) is 2.80. The van der Waals surface area contributed by atoms with Crippen LogP contribution < -0.4 is 0 Å². The summed E-state index contributed by atoms with van der Waals surface area (Å²) in [5.41, 5.74) is 0.691. The molecular formula is C13H14N2O3. The normalized spacial score (nSPS) is 22.7. The fourth-order valence-corrected chi connectivity index (χ4v) is 2.44. The lowest BCUT2D eigenvalue weighted by Crippen LogP contribution is -2.53. The highest BCUT2D eigenvalue weighted by Gasteiger charge is 2.38. The van der Waals surface area contributed by atoms with Crippen LogP contribution in [-0.4, -0.2) is 54.1 Å². The van der Waals surface area contributed by atoms with E-state index in [1.165, 1.54) is 0 Å². The maximum atomic E-state index is 12.3. The van der Waals surface area contributed by atoms with Gasteiger partial charge in [-0.25, -0.2) is 4.79 Å². The number of nitrogens with zero attached hydrogens (tertiary/aromatic N) is 2. The van der Waals surface area contributed by atoms with Gasteiger partial charge in [0.25, 0.3) is 5.91 Å². The van der Waals surface area contributed by atoms with Gasteiger partial charge in [0.2, 0.25) is 0 Å². The van der Waals surface area contributed by atoms with Crippen LogP contribution in [0.3, 0.4) is 0 Å². The molecule has 0 aliphatic carbocycles. The van der Waals surface area contributed by atoms with Gasteiger partial charge in [0.15, 0.2) is 0 Å². The van der Waals surface area contributed by atoms with E-state index in [2.05, 4.69) is 0 Å². The summed E-state index contributed by atoms with van der Waals surface area (Å²) < 4.78 is 4.98. The Balaban J connectivity index is 1.72. The number of carbonyl (C=O) groups excluding carboxylic acids is 2. The van der Waals surface area contributed by atoms with Gasteiger partial charge >= 0.3 is 6.09 Å². The zero-order valence-corrected chi connectivity index (χ0v) is 9.91. The number of cyclic esters (lactones) is 1. The molecule has 0 spiro atoms. The molecule has 1 aromatic rings. The number of fused-ring (bicyclic) bond motifs is 1. The summed E-state index contributed by atoms with van der Waals surface area (Å²) in [6.07, 6.45) is -0.258. The molecule has 3 rings (SSSR count). The molecule has 1 unspecified atom stereocenters. The highest BCUT2D eigenvalue weighted by molar-refractivity contribution is 5.94. The van der Waals surface area contributed by atoms with Crippen LogP contribution in [0.4, 0.5) is 4.79 Å². The summed E-state index contributed by atoms with van der Waals surface area (Å²) >= 11 is 0. The highest BCUT2D eigenvalue weighted by Crippen LogP contribution is 2.19. The number of piperazine rings is 1. The molecule has 5 heteroatoms. The third kappa shape index (κ3) is 1.81. The van der Waals surface area contributed by atoms with Gasteiger partial charge in [-0.05, 0) is 12.1 Å². The summed E-state index contributed by atoms with van der Waals surface area (Å²) in [5, 5.41) is 0.